The summed E-state index contributed by atoms with van der Waals surface area (Å²) in [4.78, 5) is 18.0. The van der Waals surface area contributed by atoms with Crippen LogP contribution in [0.3, 0.4) is 0 Å². The molecule has 0 aliphatic carbocycles. The summed E-state index contributed by atoms with van der Waals surface area (Å²) in [6.45, 7) is 4.69. The average Bonchev–Trinajstić information content (AvgIpc) is 2.81. The van der Waals surface area contributed by atoms with Gasteiger partial charge in [0.15, 0.2) is 17.3 Å². The van der Waals surface area contributed by atoms with Crippen molar-refractivity contribution in [2.45, 2.75) is 13.8 Å². The molecule has 0 aliphatic heterocycles. The molecule has 3 aromatic carbocycles. The molecular formula is C25H22ClN3O3. The Bertz CT molecular complexity index is 1330. The smallest absolute Gasteiger partial charge is 0.282 e. The third kappa shape index (κ3) is 4.36. The highest BCUT2D eigenvalue weighted by Crippen LogP contribution is 2.36. The maximum Gasteiger partial charge on any atom is 0.282 e. The Morgan fingerprint density at radius 3 is 2.47 bits per heavy atom. The maximum atomic E-state index is 13.3. The van der Waals surface area contributed by atoms with Crippen LogP contribution in [0.25, 0.3) is 22.3 Å². The maximum absolute atomic E-state index is 13.3. The third-order valence-corrected chi connectivity index (χ3v) is 5.01. The van der Waals surface area contributed by atoms with Gasteiger partial charge in [0, 0.05) is 5.56 Å². The van der Waals surface area contributed by atoms with Gasteiger partial charge in [0.05, 0.1) is 35.4 Å². The lowest BCUT2D eigenvalue weighted by Gasteiger charge is -2.13. The van der Waals surface area contributed by atoms with Crippen molar-refractivity contribution in [3.63, 3.8) is 0 Å². The van der Waals surface area contributed by atoms with Gasteiger partial charge in [-0.15, -0.1) is 0 Å². The minimum Gasteiger partial charge on any atom is -0.490 e. The molecule has 6 nitrogen and oxygen atoms in total. The van der Waals surface area contributed by atoms with Crippen molar-refractivity contribution in [3.05, 3.63) is 87.7 Å². The summed E-state index contributed by atoms with van der Waals surface area (Å²) in [5.74, 6) is 1.46. The molecule has 0 saturated heterocycles. The summed E-state index contributed by atoms with van der Waals surface area (Å²) in [7, 11) is 0. The van der Waals surface area contributed by atoms with Crippen molar-refractivity contribution in [1.29, 1.82) is 0 Å². The molecule has 0 unspecified atom stereocenters. The molecule has 4 rings (SSSR count). The molecule has 0 fully saturated rings. The number of nitrogens with zero attached hydrogens (tertiary/aromatic N) is 3. The molecule has 162 valence electrons. The van der Waals surface area contributed by atoms with Gasteiger partial charge < -0.3 is 9.47 Å². The van der Waals surface area contributed by atoms with Gasteiger partial charge in [-0.1, -0.05) is 54.1 Å². The zero-order chi connectivity index (χ0) is 22.5. The van der Waals surface area contributed by atoms with Crippen LogP contribution in [-0.2, 0) is 0 Å². The molecule has 32 heavy (non-hydrogen) atoms. The van der Waals surface area contributed by atoms with E-state index in [4.69, 9.17) is 26.1 Å². The lowest BCUT2D eigenvalue weighted by atomic mass is 10.2. The summed E-state index contributed by atoms with van der Waals surface area (Å²) in [5.41, 5.74) is 1.81. The van der Waals surface area contributed by atoms with E-state index in [9.17, 15) is 4.79 Å². The minimum absolute atomic E-state index is 0.257. The SMILES string of the molecule is CCOc1cc(C=Nn2c(-c3ccccc3)nc3ccccc3c2=O)cc(Cl)c1OCC. The van der Waals surface area contributed by atoms with Gasteiger partial charge in [0.1, 0.15) is 0 Å². The topological polar surface area (TPSA) is 65.7 Å². The van der Waals surface area contributed by atoms with E-state index in [-0.39, 0.29) is 5.56 Å². The molecule has 0 amide bonds. The number of benzene rings is 3. The van der Waals surface area contributed by atoms with Crippen molar-refractivity contribution in [2.75, 3.05) is 13.2 Å². The van der Waals surface area contributed by atoms with E-state index in [2.05, 4.69) is 5.10 Å². The molecule has 1 heterocycles. The van der Waals surface area contributed by atoms with Gasteiger partial charge in [0.25, 0.3) is 5.56 Å². The summed E-state index contributed by atoms with van der Waals surface area (Å²) in [5, 5.41) is 5.38. The number of hydrogen-bond acceptors (Lipinski definition) is 5. The van der Waals surface area contributed by atoms with E-state index in [0.29, 0.717) is 52.0 Å². The molecule has 0 bridgehead atoms. The highest BCUT2D eigenvalue weighted by molar-refractivity contribution is 6.32. The lowest BCUT2D eigenvalue weighted by molar-refractivity contribution is 0.288. The van der Waals surface area contributed by atoms with Crippen LogP contribution in [0, 0.1) is 0 Å². The van der Waals surface area contributed by atoms with Gasteiger partial charge in [-0.25, -0.2) is 4.98 Å². The Balaban J connectivity index is 1.85. The third-order valence-electron chi connectivity index (χ3n) is 4.73. The molecular weight excluding hydrogens is 426 g/mol. The van der Waals surface area contributed by atoms with Crippen molar-refractivity contribution in [1.82, 2.24) is 9.66 Å². The Morgan fingerprint density at radius 2 is 1.72 bits per heavy atom. The van der Waals surface area contributed by atoms with Crippen LogP contribution in [0.5, 0.6) is 11.5 Å². The van der Waals surface area contributed by atoms with Gasteiger partial charge in [0.2, 0.25) is 0 Å². The molecule has 1 aromatic heterocycles. The predicted molar refractivity (Wildman–Crippen MR) is 128 cm³/mol. The minimum atomic E-state index is -0.257. The van der Waals surface area contributed by atoms with E-state index in [1.165, 1.54) is 4.68 Å². The van der Waals surface area contributed by atoms with Crippen LogP contribution in [0.1, 0.15) is 19.4 Å². The van der Waals surface area contributed by atoms with E-state index >= 15 is 0 Å². The molecule has 0 radical (unpaired) electrons. The molecule has 0 atom stereocenters. The Hall–Kier alpha value is -3.64. The standard InChI is InChI=1S/C25H22ClN3O3/c1-3-31-22-15-17(14-20(26)23(22)32-4-2)16-27-29-24(18-10-6-5-7-11-18)28-21-13-9-8-12-19(21)25(29)30/h5-16H,3-4H2,1-2H3. The number of ether oxygens (including phenoxy) is 2. The summed E-state index contributed by atoms with van der Waals surface area (Å²) in [6, 6.07) is 20.2. The largest absolute Gasteiger partial charge is 0.490 e. The summed E-state index contributed by atoms with van der Waals surface area (Å²) < 4.78 is 12.6. The number of fused-ring (bicyclic) bond motifs is 1. The van der Waals surface area contributed by atoms with Crippen molar-refractivity contribution >= 4 is 28.7 Å². The molecule has 7 heteroatoms. The van der Waals surface area contributed by atoms with Gasteiger partial charge in [-0.3, -0.25) is 4.79 Å². The fourth-order valence-corrected chi connectivity index (χ4v) is 3.61. The van der Waals surface area contributed by atoms with Crippen LogP contribution >= 0.6 is 11.6 Å². The Kier molecular flexibility index (Phi) is 6.52. The highest BCUT2D eigenvalue weighted by Gasteiger charge is 2.14. The highest BCUT2D eigenvalue weighted by atomic mass is 35.5. The zero-order valence-corrected chi connectivity index (χ0v) is 18.5. The first-order valence-corrected chi connectivity index (χ1v) is 10.7. The van der Waals surface area contributed by atoms with Crippen molar-refractivity contribution < 1.29 is 9.47 Å². The first kappa shape index (κ1) is 21.6. The second-order valence-corrected chi connectivity index (χ2v) is 7.28. The first-order chi connectivity index (χ1) is 15.6. The number of halogens is 1. The van der Waals surface area contributed by atoms with E-state index in [1.807, 2.05) is 62.4 Å². The zero-order valence-electron chi connectivity index (χ0n) is 17.8. The summed E-state index contributed by atoms with van der Waals surface area (Å²) >= 11 is 6.42. The monoisotopic (exact) mass is 447 g/mol. The number of aromatic nitrogens is 2. The summed E-state index contributed by atoms with van der Waals surface area (Å²) in [6.07, 6.45) is 1.56. The van der Waals surface area contributed by atoms with Crippen LogP contribution in [0.4, 0.5) is 0 Å². The van der Waals surface area contributed by atoms with E-state index in [0.717, 1.165) is 5.56 Å². The fraction of sp³-hybridized carbons (Fsp3) is 0.160. The second-order valence-electron chi connectivity index (χ2n) is 6.88. The van der Waals surface area contributed by atoms with Crippen molar-refractivity contribution in [2.24, 2.45) is 5.10 Å². The molecule has 0 aliphatic rings. The quantitative estimate of drug-likeness (QED) is 0.356. The predicted octanol–water partition coefficient (Wildman–Crippen LogP) is 5.40. The van der Waals surface area contributed by atoms with Crippen molar-refractivity contribution in [3.8, 4) is 22.9 Å². The van der Waals surface area contributed by atoms with E-state index < -0.39 is 0 Å². The van der Waals surface area contributed by atoms with Crippen LogP contribution < -0.4 is 15.0 Å². The molecule has 0 N–H and O–H groups in total. The number of hydrogen-bond donors (Lipinski definition) is 0. The van der Waals surface area contributed by atoms with Gasteiger partial charge in [-0.2, -0.15) is 9.78 Å². The van der Waals surface area contributed by atoms with Crippen LogP contribution in [0.2, 0.25) is 5.02 Å². The molecule has 4 aromatic rings. The van der Waals surface area contributed by atoms with Crippen LogP contribution in [0.15, 0.2) is 76.6 Å². The first-order valence-electron chi connectivity index (χ1n) is 10.3. The molecule has 0 spiro atoms. The number of para-hydroxylation sites is 1. The van der Waals surface area contributed by atoms with Gasteiger partial charge in [-0.05, 0) is 43.7 Å². The van der Waals surface area contributed by atoms with E-state index in [1.54, 1.807) is 24.4 Å². The average molecular weight is 448 g/mol. The Morgan fingerprint density at radius 1 is 1.00 bits per heavy atom. The second kappa shape index (κ2) is 9.66. The van der Waals surface area contributed by atoms with Gasteiger partial charge >= 0.3 is 0 Å². The fourth-order valence-electron chi connectivity index (χ4n) is 3.34. The number of rotatable bonds is 7. The van der Waals surface area contributed by atoms with Crippen LogP contribution in [-0.4, -0.2) is 29.1 Å². The normalized spacial score (nSPS) is 11.2. The Labute approximate surface area is 190 Å². The lowest BCUT2D eigenvalue weighted by Crippen LogP contribution is -2.20. The molecule has 0 saturated carbocycles.